The van der Waals surface area contributed by atoms with Gasteiger partial charge < -0.3 is 9.47 Å². The first-order valence-corrected chi connectivity index (χ1v) is 11.9. The van der Waals surface area contributed by atoms with Crippen LogP contribution in [0.15, 0.2) is 24.3 Å². The second-order valence-corrected chi connectivity index (χ2v) is 9.72. The SMILES string of the molecule is CC(=O)C1CCN(C(=O)c2ccc(Cl)c(Cc3nc4c(C)c(C(F)(F)F)ccc4n3C)c2Cl)CC1. The lowest BCUT2D eigenvalue weighted by molar-refractivity contribution is -0.138. The number of imidazole rings is 1. The quantitative estimate of drug-likeness (QED) is 0.405. The van der Waals surface area contributed by atoms with Crippen molar-refractivity contribution >= 4 is 45.9 Å². The van der Waals surface area contributed by atoms with Gasteiger partial charge in [-0.05, 0) is 62.1 Å². The molecule has 2 aromatic carbocycles. The number of carbonyl (C=O) groups is 2. The summed E-state index contributed by atoms with van der Waals surface area (Å²) in [5, 5.41) is 0.526. The van der Waals surface area contributed by atoms with Crippen LogP contribution in [0, 0.1) is 12.8 Å². The summed E-state index contributed by atoms with van der Waals surface area (Å²) < 4.78 is 41.8. The summed E-state index contributed by atoms with van der Waals surface area (Å²) in [6.07, 6.45) is -3.12. The number of hydrogen-bond acceptors (Lipinski definition) is 3. The molecule has 0 spiro atoms. The lowest BCUT2D eigenvalue weighted by atomic mass is 9.93. The van der Waals surface area contributed by atoms with Crippen molar-refractivity contribution in [1.82, 2.24) is 14.5 Å². The van der Waals surface area contributed by atoms with Gasteiger partial charge in [-0.1, -0.05) is 23.2 Å². The van der Waals surface area contributed by atoms with Crippen molar-refractivity contribution in [3.8, 4) is 0 Å². The van der Waals surface area contributed by atoms with E-state index in [9.17, 15) is 22.8 Å². The van der Waals surface area contributed by atoms with E-state index < -0.39 is 11.7 Å². The molecular formula is C25H24Cl2F3N3O2. The van der Waals surface area contributed by atoms with E-state index in [4.69, 9.17) is 23.2 Å². The molecule has 0 aliphatic carbocycles. The third-order valence-corrected chi connectivity index (χ3v) is 7.60. The fourth-order valence-corrected chi connectivity index (χ4v) is 5.23. The standard InChI is InChI=1S/C25H24Cl2F3N3O2/c1-13-18(25(28,29)30)5-7-20-23(13)31-21(32(20)3)12-17-19(26)6-4-16(22(17)27)24(35)33-10-8-15(9-11-33)14(2)34/h4-7,15H,8-12H2,1-3H3. The van der Waals surface area contributed by atoms with Crippen LogP contribution in [0.3, 0.4) is 0 Å². The summed E-state index contributed by atoms with van der Waals surface area (Å²) in [6, 6.07) is 5.61. The maximum atomic E-state index is 13.3. The van der Waals surface area contributed by atoms with Gasteiger partial charge in [0.1, 0.15) is 11.6 Å². The highest BCUT2D eigenvalue weighted by atomic mass is 35.5. The number of carbonyl (C=O) groups excluding carboxylic acids is 2. The van der Waals surface area contributed by atoms with E-state index in [2.05, 4.69) is 4.98 Å². The van der Waals surface area contributed by atoms with Gasteiger partial charge >= 0.3 is 6.18 Å². The maximum Gasteiger partial charge on any atom is 0.416 e. The molecule has 5 nitrogen and oxygen atoms in total. The Morgan fingerprint density at radius 1 is 1.11 bits per heavy atom. The number of ketones is 1. The number of rotatable bonds is 4. The van der Waals surface area contributed by atoms with Crippen molar-refractivity contribution in [1.29, 1.82) is 0 Å². The van der Waals surface area contributed by atoms with Crippen LogP contribution in [0.1, 0.15) is 52.6 Å². The Morgan fingerprint density at radius 3 is 2.37 bits per heavy atom. The number of piperidine rings is 1. The van der Waals surface area contributed by atoms with Gasteiger partial charge in [0.25, 0.3) is 5.91 Å². The molecule has 1 amide bonds. The number of benzene rings is 2. The van der Waals surface area contributed by atoms with Crippen molar-refractivity contribution in [3.63, 3.8) is 0 Å². The number of amides is 1. The number of nitrogens with zero attached hydrogens (tertiary/aromatic N) is 3. The lowest BCUT2D eigenvalue weighted by Crippen LogP contribution is -2.40. The molecule has 1 fully saturated rings. The van der Waals surface area contributed by atoms with Crippen molar-refractivity contribution in [3.05, 3.63) is 62.4 Å². The second kappa shape index (κ2) is 9.47. The topological polar surface area (TPSA) is 55.2 Å². The summed E-state index contributed by atoms with van der Waals surface area (Å²) >= 11 is 13.1. The molecule has 1 saturated heterocycles. The predicted octanol–water partition coefficient (Wildman–Crippen LogP) is 6.24. The average molecular weight is 526 g/mol. The number of likely N-dealkylation sites (tertiary alicyclic amines) is 1. The normalized spacial score (nSPS) is 15.1. The third kappa shape index (κ3) is 4.78. The highest BCUT2D eigenvalue weighted by Crippen LogP contribution is 2.36. The molecule has 3 aromatic rings. The molecule has 0 bridgehead atoms. The highest BCUT2D eigenvalue weighted by molar-refractivity contribution is 6.38. The zero-order valence-corrected chi connectivity index (χ0v) is 21.0. The van der Waals surface area contributed by atoms with Crippen LogP contribution in [0.4, 0.5) is 13.2 Å². The molecule has 0 unspecified atom stereocenters. The zero-order chi connectivity index (χ0) is 25.7. The first kappa shape index (κ1) is 25.5. The summed E-state index contributed by atoms with van der Waals surface area (Å²) in [7, 11) is 1.72. The van der Waals surface area contributed by atoms with Crippen molar-refractivity contribution < 1.29 is 22.8 Å². The Bertz CT molecular complexity index is 1330. The van der Waals surface area contributed by atoms with Crippen LogP contribution in [0.2, 0.25) is 10.0 Å². The first-order valence-electron chi connectivity index (χ1n) is 11.2. The van der Waals surface area contributed by atoms with Crippen molar-refractivity contribution in [2.45, 2.75) is 39.3 Å². The zero-order valence-electron chi connectivity index (χ0n) is 19.5. The number of halogens is 5. The van der Waals surface area contributed by atoms with E-state index in [0.717, 1.165) is 6.07 Å². The van der Waals surface area contributed by atoms with Crippen molar-refractivity contribution in [2.75, 3.05) is 13.1 Å². The molecule has 0 saturated carbocycles. The minimum atomic E-state index is -4.48. The predicted molar refractivity (Wildman–Crippen MR) is 129 cm³/mol. The molecule has 1 aliphatic heterocycles. The molecule has 0 radical (unpaired) electrons. The van der Waals surface area contributed by atoms with Gasteiger partial charge in [0.2, 0.25) is 0 Å². The van der Waals surface area contributed by atoms with Crippen LogP contribution in [0.5, 0.6) is 0 Å². The summed E-state index contributed by atoms with van der Waals surface area (Å²) in [6.45, 7) is 3.89. The molecule has 1 aromatic heterocycles. The number of fused-ring (bicyclic) bond motifs is 1. The fraction of sp³-hybridized carbons (Fsp3) is 0.400. The second-order valence-electron chi connectivity index (χ2n) is 8.93. The first-order chi connectivity index (χ1) is 16.4. The van der Waals surface area contributed by atoms with Gasteiger partial charge in [0.05, 0.1) is 27.2 Å². The van der Waals surface area contributed by atoms with Gasteiger partial charge in [-0.25, -0.2) is 4.98 Å². The van der Waals surface area contributed by atoms with E-state index in [1.54, 1.807) is 35.6 Å². The van der Waals surface area contributed by atoms with Gasteiger partial charge in [0.15, 0.2) is 0 Å². The van der Waals surface area contributed by atoms with E-state index in [1.165, 1.54) is 13.0 Å². The minimum Gasteiger partial charge on any atom is -0.339 e. The van der Waals surface area contributed by atoms with Gasteiger partial charge in [-0.2, -0.15) is 13.2 Å². The molecule has 4 rings (SSSR count). The molecule has 10 heteroatoms. The molecule has 0 N–H and O–H groups in total. The average Bonchev–Trinajstić information content (AvgIpc) is 3.12. The van der Waals surface area contributed by atoms with Crippen LogP contribution in [-0.4, -0.2) is 39.2 Å². The Kier molecular flexibility index (Phi) is 6.90. The summed E-state index contributed by atoms with van der Waals surface area (Å²) in [5.74, 6) is 0.321. The van der Waals surface area contributed by atoms with Crippen molar-refractivity contribution in [2.24, 2.45) is 13.0 Å². The number of hydrogen-bond donors (Lipinski definition) is 0. The number of alkyl halides is 3. The van der Waals surface area contributed by atoms with E-state index in [0.29, 0.717) is 53.4 Å². The smallest absolute Gasteiger partial charge is 0.339 e. The molecule has 186 valence electrons. The number of aryl methyl sites for hydroxylation is 2. The summed E-state index contributed by atoms with van der Waals surface area (Å²) in [5.41, 5.74) is 0.897. The minimum absolute atomic E-state index is 0.0332. The van der Waals surface area contributed by atoms with Gasteiger partial charge in [-0.15, -0.1) is 0 Å². The number of Topliss-reactive ketones (excluding diaryl/α,β-unsaturated/α-hetero) is 1. The Balaban J connectivity index is 1.66. The largest absolute Gasteiger partial charge is 0.416 e. The molecule has 0 atom stereocenters. The highest BCUT2D eigenvalue weighted by Gasteiger charge is 2.34. The molecule has 2 heterocycles. The Hall–Kier alpha value is -2.58. The van der Waals surface area contributed by atoms with Crippen LogP contribution in [-0.2, 0) is 24.4 Å². The maximum absolute atomic E-state index is 13.3. The summed E-state index contributed by atoms with van der Waals surface area (Å²) in [4.78, 5) is 31.0. The lowest BCUT2D eigenvalue weighted by Gasteiger charge is -2.31. The monoisotopic (exact) mass is 525 g/mol. The third-order valence-electron chi connectivity index (χ3n) is 6.81. The van der Waals surface area contributed by atoms with E-state index >= 15 is 0 Å². The van der Waals surface area contributed by atoms with Crippen LogP contribution >= 0.6 is 23.2 Å². The van der Waals surface area contributed by atoms with Crippen LogP contribution < -0.4 is 0 Å². The van der Waals surface area contributed by atoms with E-state index in [1.807, 2.05) is 0 Å². The van der Waals surface area contributed by atoms with E-state index in [-0.39, 0.29) is 40.1 Å². The van der Waals surface area contributed by atoms with Crippen LogP contribution in [0.25, 0.3) is 11.0 Å². The Morgan fingerprint density at radius 2 is 1.77 bits per heavy atom. The number of aromatic nitrogens is 2. The fourth-order valence-electron chi connectivity index (χ4n) is 4.65. The van der Waals surface area contributed by atoms with Gasteiger partial charge in [0, 0.05) is 37.5 Å². The molecule has 35 heavy (non-hydrogen) atoms. The molecular weight excluding hydrogens is 502 g/mol. The van der Waals surface area contributed by atoms with Gasteiger partial charge in [-0.3, -0.25) is 9.59 Å². The Labute approximate surface area is 210 Å². The molecule has 1 aliphatic rings.